The third kappa shape index (κ3) is 7.84. The van der Waals surface area contributed by atoms with E-state index >= 15 is 0 Å². The molecule has 0 fully saturated rings. The molecule has 0 unspecified atom stereocenters. The zero-order valence-electron chi connectivity index (χ0n) is 10.8. The lowest BCUT2D eigenvalue weighted by atomic mass is 10.2. The first-order valence-corrected chi connectivity index (χ1v) is 8.08. The molecule has 0 aromatic carbocycles. The van der Waals surface area contributed by atoms with Crippen LogP contribution in [0.15, 0.2) is 5.38 Å². The fourth-order valence-electron chi connectivity index (χ4n) is 1.46. The van der Waals surface area contributed by atoms with Crippen LogP contribution >= 0.6 is 23.1 Å². The summed E-state index contributed by atoms with van der Waals surface area (Å²) in [6.45, 7) is 2.49. The van der Waals surface area contributed by atoms with Gasteiger partial charge in [-0.05, 0) is 19.8 Å². The number of carbonyl (C=O) groups excluding carboxylic acids is 1. The molecule has 1 rings (SSSR count). The number of nitrogens with zero attached hydrogens (tertiary/aromatic N) is 1. The molecule has 1 amide bonds. The third-order valence-corrected chi connectivity index (χ3v) is 4.06. The van der Waals surface area contributed by atoms with Crippen LogP contribution in [0.4, 0.5) is 0 Å². The minimum Gasteiger partial charge on any atom is -0.481 e. The molecular weight excluding hydrogens is 284 g/mol. The first kappa shape index (κ1) is 16.0. The lowest BCUT2D eigenvalue weighted by molar-refractivity contribution is -0.133. The van der Waals surface area contributed by atoms with Gasteiger partial charge in [0, 0.05) is 24.1 Å². The minimum atomic E-state index is -0.824. The summed E-state index contributed by atoms with van der Waals surface area (Å²) in [6, 6.07) is 0. The molecule has 1 aromatic rings. The number of hydrogen-bond acceptors (Lipinski definition) is 5. The first-order chi connectivity index (χ1) is 9.08. The van der Waals surface area contributed by atoms with Gasteiger partial charge in [0.25, 0.3) is 0 Å². The molecule has 0 aliphatic rings. The Balaban J connectivity index is 2.00. The Labute approximate surface area is 120 Å². The highest BCUT2D eigenvalue weighted by atomic mass is 32.2. The van der Waals surface area contributed by atoms with Gasteiger partial charge in [0.05, 0.1) is 16.5 Å². The van der Waals surface area contributed by atoms with Crippen LogP contribution in [0, 0.1) is 6.92 Å². The second-order valence-corrected chi connectivity index (χ2v) is 6.18. The highest BCUT2D eigenvalue weighted by Crippen LogP contribution is 2.10. The Bertz CT molecular complexity index is 421. The number of carbonyl (C=O) groups is 2. The number of rotatable bonds is 9. The summed E-state index contributed by atoms with van der Waals surface area (Å²) in [6.07, 6.45) is 2.10. The summed E-state index contributed by atoms with van der Waals surface area (Å²) in [7, 11) is 0. The van der Waals surface area contributed by atoms with Crippen molar-refractivity contribution < 1.29 is 14.7 Å². The SMILES string of the molecule is Cc1nc(CCCC(=O)NCCSCC(=O)O)cs1. The molecule has 0 radical (unpaired) electrons. The maximum absolute atomic E-state index is 11.5. The molecule has 0 bridgehead atoms. The van der Waals surface area contributed by atoms with E-state index in [9.17, 15) is 9.59 Å². The maximum atomic E-state index is 11.5. The standard InChI is InChI=1S/C12H18N2O3S2/c1-9-14-10(7-19-9)3-2-4-11(15)13-5-6-18-8-12(16)17/h7H,2-6,8H2,1H3,(H,13,15)(H,16,17). The molecule has 2 N–H and O–H groups in total. The second kappa shape index (κ2) is 8.92. The highest BCUT2D eigenvalue weighted by Gasteiger charge is 2.03. The van der Waals surface area contributed by atoms with Crippen molar-refractivity contribution in [1.82, 2.24) is 10.3 Å². The fraction of sp³-hybridized carbons (Fsp3) is 0.583. The second-order valence-electron chi connectivity index (χ2n) is 4.01. The monoisotopic (exact) mass is 302 g/mol. The van der Waals surface area contributed by atoms with Gasteiger partial charge in [-0.2, -0.15) is 0 Å². The van der Waals surface area contributed by atoms with Gasteiger partial charge in [0.2, 0.25) is 5.91 Å². The van der Waals surface area contributed by atoms with Crippen LogP contribution in [-0.2, 0) is 16.0 Å². The summed E-state index contributed by atoms with van der Waals surface area (Å²) >= 11 is 2.93. The van der Waals surface area contributed by atoms with Crippen LogP contribution < -0.4 is 5.32 Å². The topological polar surface area (TPSA) is 79.3 Å². The number of thioether (sulfide) groups is 1. The molecule has 1 aromatic heterocycles. The normalized spacial score (nSPS) is 10.4. The maximum Gasteiger partial charge on any atom is 0.313 e. The van der Waals surface area contributed by atoms with E-state index in [2.05, 4.69) is 10.3 Å². The predicted octanol–water partition coefficient (Wildman–Crippen LogP) is 1.71. The molecule has 106 valence electrons. The van der Waals surface area contributed by atoms with Crippen molar-refractivity contribution in [3.63, 3.8) is 0 Å². The summed E-state index contributed by atoms with van der Waals surface area (Å²) in [5.41, 5.74) is 1.05. The number of amides is 1. The van der Waals surface area contributed by atoms with Crippen molar-refractivity contribution in [3.05, 3.63) is 16.1 Å². The number of nitrogens with one attached hydrogen (secondary N) is 1. The van der Waals surface area contributed by atoms with Crippen LogP contribution in [0.3, 0.4) is 0 Å². The van der Waals surface area contributed by atoms with Crippen LogP contribution in [0.2, 0.25) is 0 Å². The number of hydrogen-bond donors (Lipinski definition) is 2. The average molecular weight is 302 g/mol. The van der Waals surface area contributed by atoms with E-state index in [-0.39, 0.29) is 11.7 Å². The van der Waals surface area contributed by atoms with E-state index in [1.807, 2.05) is 12.3 Å². The fourth-order valence-corrected chi connectivity index (χ4v) is 2.68. The highest BCUT2D eigenvalue weighted by molar-refractivity contribution is 7.99. The quantitative estimate of drug-likeness (QED) is 0.679. The van der Waals surface area contributed by atoms with Crippen molar-refractivity contribution in [2.45, 2.75) is 26.2 Å². The van der Waals surface area contributed by atoms with Gasteiger partial charge in [0.15, 0.2) is 0 Å². The first-order valence-electron chi connectivity index (χ1n) is 6.05. The number of thiazole rings is 1. The van der Waals surface area contributed by atoms with Crippen molar-refractivity contribution in [3.8, 4) is 0 Å². The molecule has 0 saturated carbocycles. The molecule has 5 nitrogen and oxygen atoms in total. The minimum absolute atomic E-state index is 0.0166. The molecule has 7 heteroatoms. The van der Waals surface area contributed by atoms with Gasteiger partial charge in [-0.25, -0.2) is 4.98 Å². The average Bonchev–Trinajstić information content (AvgIpc) is 2.74. The van der Waals surface area contributed by atoms with E-state index in [0.29, 0.717) is 18.7 Å². The third-order valence-electron chi connectivity index (χ3n) is 2.30. The van der Waals surface area contributed by atoms with E-state index in [4.69, 9.17) is 5.11 Å². The number of aliphatic carboxylic acids is 1. The Morgan fingerprint density at radius 3 is 2.95 bits per heavy atom. The van der Waals surface area contributed by atoms with Crippen LogP contribution in [-0.4, -0.2) is 40.0 Å². The lowest BCUT2D eigenvalue weighted by Crippen LogP contribution is -2.25. The zero-order valence-corrected chi connectivity index (χ0v) is 12.5. The van der Waals surface area contributed by atoms with E-state index < -0.39 is 5.97 Å². The predicted molar refractivity (Wildman–Crippen MR) is 77.8 cm³/mol. The molecule has 0 aliphatic heterocycles. The van der Waals surface area contributed by atoms with Gasteiger partial charge in [-0.15, -0.1) is 23.1 Å². The lowest BCUT2D eigenvalue weighted by Gasteiger charge is -2.03. The summed E-state index contributed by atoms with van der Waals surface area (Å²) in [4.78, 5) is 26.1. The van der Waals surface area contributed by atoms with Gasteiger partial charge in [0.1, 0.15) is 0 Å². The molecule has 0 saturated heterocycles. The Morgan fingerprint density at radius 1 is 1.53 bits per heavy atom. The number of carboxylic acids is 1. The van der Waals surface area contributed by atoms with Crippen molar-refractivity contribution >= 4 is 35.0 Å². The van der Waals surface area contributed by atoms with Crippen molar-refractivity contribution in [1.29, 1.82) is 0 Å². The molecular formula is C12H18N2O3S2. The van der Waals surface area contributed by atoms with Crippen LogP contribution in [0.25, 0.3) is 0 Å². The Hall–Kier alpha value is -1.08. The van der Waals surface area contributed by atoms with Crippen LogP contribution in [0.5, 0.6) is 0 Å². The van der Waals surface area contributed by atoms with Gasteiger partial charge in [-0.1, -0.05) is 0 Å². The van der Waals surface area contributed by atoms with Crippen molar-refractivity contribution in [2.75, 3.05) is 18.1 Å². The van der Waals surface area contributed by atoms with E-state index in [1.54, 1.807) is 11.3 Å². The molecule has 0 spiro atoms. The van der Waals surface area contributed by atoms with Gasteiger partial charge in [-0.3, -0.25) is 9.59 Å². The Kier molecular flexibility index (Phi) is 7.50. The van der Waals surface area contributed by atoms with Crippen molar-refractivity contribution in [2.24, 2.45) is 0 Å². The summed E-state index contributed by atoms with van der Waals surface area (Å²) < 4.78 is 0. The molecule has 0 atom stereocenters. The number of aromatic nitrogens is 1. The number of carboxylic acid groups (broad SMARTS) is 1. The molecule has 0 aliphatic carbocycles. The molecule has 19 heavy (non-hydrogen) atoms. The Morgan fingerprint density at radius 2 is 2.32 bits per heavy atom. The summed E-state index contributed by atoms with van der Waals surface area (Å²) in [5.74, 6) is -0.0969. The zero-order chi connectivity index (χ0) is 14.1. The van der Waals surface area contributed by atoms with E-state index in [1.165, 1.54) is 11.8 Å². The summed E-state index contributed by atoms with van der Waals surface area (Å²) in [5, 5.41) is 14.3. The smallest absolute Gasteiger partial charge is 0.313 e. The largest absolute Gasteiger partial charge is 0.481 e. The molecule has 1 heterocycles. The van der Waals surface area contributed by atoms with Crippen LogP contribution in [0.1, 0.15) is 23.5 Å². The van der Waals surface area contributed by atoms with Gasteiger partial charge < -0.3 is 10.4 Å². The van der Waals surface area contributed by atoms with E-state index in [0.717, 1.165) is 23.5 Å². The van der Waals surface area contributed by atoms with Gasteiger partial charge >= 0.3 is 5.97 Å². The number of aryl methyl sites for hydroxylation is 2.